The molecule has 4 rings (SSSR count). The summed E-state index contributed by atoms with van der Waals surface area (Å²) in [5.41, 5.74) is 6.88. The van der Waals surface area contributed by atoms with Crippen LogP contribution in [0.15, 0.2) is 53.4 Å². The molecule has 0 spiro atoms. The van der Waals surface area contributed by atoms with Crippen molar-refractivity contribution < 1.29 is 18.7 Å². The second-order valence-electron chi connectivity index (χ2n) is 5.55. The lowest BCUT2D eigenvalue weighted by Gasteiger charge is -2.26. The van der Waals surface area contributed by atoms with Gasteiger partial charge in [0.2, 0.25) is 6.10 Å². The highest BCUT2D eigenvalue weighted by molar-refractivity contribution is 7.99. The molecule has 0 bridgehead atoms. The number of carbonyl (C=O) groups is 1. The third-order valence-corrected chi connectivity index (χ3v) is 4.88. The van der Waals surface area contributed by atoms with E-state index < -0.39 is 6.10 Å². The lowest BCUT2D eigenvalue weighted by atomic mass is 10.1. The van der Waals surface area contributed by atoms with Crippen LogP contribution >= 0.6 is 11.8 Å². The van der Waals surface area contributed by atoms with Gasteiger partial charge in [-0.15, -0.1) is 11.8 Å². The Hall–Kier alpha value is -2.67. The van der Waals surface area contributed by atoms with Crippen molar-refractivity contribution in [2.24, 2.45) is 0 Å². The number of ether oxygens (including phenoxy) is 2. The van der Waals surface area contributed by atoms with E-state index in [0.29, 0.717) is 17.2 Å². The van der Waals surface area contributed by atoms with Gasteiger partial charge in [-0.2, -0.15) is 0 Å². The molecule has 2 heterocycles. The average Bonchev–Trinajstić information content (AvgIpc) is 2.65. The second kappa shape index (κ2) is 6.68. The number of benzene rings is 2. The Morgan fingerprint density at radius 1 is 1.20 bits per heavy atom. The minimum Gasteiger partial charge on any atom is -0.485 e. The van der Waals surface area contributed by atoms with E-state index in [1.165, 1.54) is 12.1 Å². The van der Waals surface area contributed by atoms with E-state index in [-0.39, 0.29) is 18.3 Å². The van der Waals surface area contributed by atoms with Crippen molar-refractivity contribution in [3.05, 3.63) is 59.9 Å². The molecular weight excluding hydrogens is 343 g/mol. The second-order valence-corrected chi connectivity index (χ2v) is 6.61. The van der Waals surface area contributed by atoms with Crippen molar-refractivity contribution in [1.29, 1.82) is 0 Å². The number of fused-ring (bicyclic) bond motifs is 2. The van der Waals surface area contributed by atoms with Crippen LogP contribution in [-0.4, -0.2) is 24.4 Å². The largest absolute Gasteiger partial charge is 0.485 e. The molecule has 1 amide bonds. The van der Waals surface area contributed by atoms with Gasteiger partial charge in [0.1, 0.15) is 12.4 Å². The molecule has 0 saturated heterocycles. The third kappa shape index (κ3) is 3.28. The standard InChI is InChI=1S/C18H15FN2O3S/c19-11-5-6-17-12(9-11)13(7-8-25-17)20-21-18(22)16-10-23-14-3-1-2-4-15(14)24-16/h1-7,9,16,20H,8,10H2,(H,21,22)/t16-/m1/s1. The van der Waals surface area contributed by atoms with E-state index in [1.54, 1.807) is 30.0 Å². The number of nitrogens with one attached hydrogen (secondary N) is 2. The van der Waals surface area contributed by atoms with Crippen molar-refractivity contribution in [2.75, 3.05) is 12.4 Å². The van der Waals surface area contributed by atoms with Gasteiger partial charge in [-0.3, -0.25) is 15.6 Å². The molecule has 0 aliphatic carbocycles. The molecule has 2 aliphatic rings. The first-order valence-corrected chi connectivity index (χ1v) is 8.76. The number of carbonyl (C=O) groups excluding carboxylic acids is 1. The fourth-order valence-electron chi connectivity index (χ4n) is 2.64. The third-order valence-electron chi connectivity index (χ3n) is 3.88. The topological polar surface area (TPSA) is 59.6 Å². The van der Waals surface area contributed by atoms with E-state index in [9.17, 15) is 9.18 Å². The Labute approximate surface area is 148 Å². The fraction of sp³-hybridized carbons (Fsp3) is 0.167. The molecule has 1 atom stereocenters. The van der Waals surface area contributed by atoms with Crippen LogP contribution in [0.2, 0.25) is 0 Å². The maximum atomic E-state index is 13.5. The van der Waals surface area contributed by atoms with Crippen LogP contribution in [0.5, 0.6) is 11.5 Å². The highest BCUT2D eigenvalue weighted by atomic mass is 32.2. The first-order chi connectivity index (χ1) is 12.2. The van der Waals surface area contributed by atoms with Gasteiger partial charge < -0.3 is 9.47 Å². The molecule has 0 unspecified atom stereocenters. The number of amides is 1. The van der Waals surface area contributed by atoms with Gasteiger partial charge in [-0.1, -0.05) is 12.1 Å². The Bertz CT molecular complexity index is 856. The first-order valence-electron chi connectivity index (χ1n) is 7.78. The van der Waals surface area contributed by atoms with E-state index in [1.807, 2.05) is 18.2 Å². The maximum Gasteiger partial charge on any atom is 0.282 e. The quantitative estimate of drug-likeness (QED) is 0.827. The molecule has 25 heavy (non-hydrogen) atoms. The number of hydrogen-bond acceptors (Lipinski definition) is 5. The van der Waals surface area contributed by atoms with E-state index in [4.69, 9.17) is 9.47 Å². The summed E-state index contributed by atoms with van der Waals surface area (Å²) in [6.45, 7) is 0.130. The predicted molar refractivity (Wildman–Crippen MR) is 92.7 cm³/mol. The number of rotatable bonds is 3. The number of thioether (sulfide) groups is 1. The predicted octanol–water partition coefficient (Wildman–Crippen LogP) is 2.73. The molecule has 2 aromatic rings. The van der Waals surface area contributed by atoms with Crippen LogP contribution in [-0.2, 0) is 4.79 Å². The van der Waals surface area contributed by atoms with Gasteiger partial charge in [0.15, 0.2) is 11.5 Å². The molecule has 0 aromatic heterocycles. The van der Waals surface area contributed by atoms with E-state index in [0.717, 1.165) is 16.2 Å². The van der Waals surface area contributed by atoms with Gasteiger partial charge in [0.05, 0.1) is 5.70 Å². The first kappa shape index (κ1) is 15.8. The molecule has 2 N–H and O–H groups in total. The zero-order chi connectivity index (χ0) is 17.2. The Morgan fingerprint density at radius 3 is 2.92 bits per heavy atom. The lowest BCUT2D eigenvalue weighted by molar-refractivity contribution is -0.131. The van der Waals surface area contributed by atoms with Crippen LogP contribution in [0.3, 0.4) is 0 Å². The fourth-order valence-corrected chi connectivity index (χ4v) is 3.56. The summed E-state index contributed by atoms with van der Waals surface area (Å²) in [5, 5.41) is 0. The molecule has 128 valence electrons. The summed E-state index contributed by atoms with van der Waals surface area (Å²) < 4.78 is 24.7. The smallest absolute Gasteiger partial charge is 0.282 e. The summed E-state index contributed by atoms with van der Waals surface area (Å²) in [4.78, 5) is 13.3. The van der Waals surface area contributed by atoms with Gasteiger partial charge in [0, 0.05) is 16.2 Å². The number of hydrazine groups is 1. The molecule has 2 aromatic carbocycles. The summed E-state index contributed by atoms with van der Waals surface area (Å²) >= 11 is 1.62. The SMILES string of the molecule is O=C(NNC1=CCSc2ccc(F)cc21)[C@H]1COc2ccccc2O1. The zero-order valence-corrected chi connectivity index (χ0v) is 13.9. The molecule has 2 aliphatic heterocycles. The number of para-hydroxylation sites is 2. The van der Waals surface area contributed by atoms with Crippen LogP contribution in [0.1, 0.15) is 5.56 Å². The monoisotopic (exact) mass is 358 g/mol. The molecule has 0 fully saturated rings. The maximum absolute atomic E-state index is 13.5. The Kier molecular flexibility index (Phi) is 4.23. The summed E-state index contributed by atoms with van der Waals surface area (Å²) in [5.74, 6) is 1.23. The van der Waals surface area contributed by atoms with Gasteiger partial charge in [-0.25, -0.2) is 4.39 Å². The number of halogens is 1. The van der Waals surface area contributed by atoms with Gasteiger partial charge in [-0.05, 0) is 36.4 Å². The van der Waals surface area contributed by atoms with Gasteiger partial charge in [0.25, 0.3) is 5.91 Å². The summed E-state index contributed by atoms with van der Waals surface area (Å²) in [7, 11) is 0. The van der Waals surface area contributed by atoms with Crippen LogP contribution in [0, 0.1) is 5.82 Å². The van der Waals surface area contributed by atoms with Crippen molar-refractivity contribution in [3.63, 3.8) is 0 Å². The van der Waals surface area contributed by atoms with E-state index >= 15 is 0 Å². The molecule has 0 radical (unpaired) electrons. The van der Waals surface area contributed by atoms with Crippen molar-refractivity contribution in [2.45, 2.75) is 11.0 Å². The van der Waals surface area contributed by atoms with Crippen LogP contribution in [0.25, 0.3) is 5.70 Å². The number of hydrogen-bond donors (Lipinski definition) is 2. The zero-order valence-electron chi connectivity index (χ0n) is 13.1. The molecular formula is C18H15FN2O3S. The van der Waals surface area contributed by atoms with Crippen LogP contribution < -0.4 is 20.3 Å². The Balaban J connectivity index is 1.42. The summed E-state index contributed by atoms with van der Waals surface area (Å²) in [6, 6.07) is 11.8. The average molecular weight is 358 g/mol. The highest BCUT2D eigenvalue weighted by Gasteiger charge is 2.27. The van der Waals surface area contributed by atoms with Gasteiger partial charge >= 0.3 is 0 Å². The minimum atomic E-state index is -0.757. The highest BCUT2D eigenvalue weighted by Crippen LogP contribution is 2.33. The lowest BCUT2D eigenvalue weighted by Crippen LogP contribution is -2.48. The minimum absolute atomic E-state index is 0.130. The molecule has 0 saturated carbocycles. The molecule has 7 heteroatoms. The molecule has 5 nitrogen and oxygen atoms in total. The summed E-state index contributed by atoms with van der Waals surface area (Å²) in [6.07, 6.45) is 1.15. The van der Waals surface area contributed by atoms with E-state index in [2.05, 4.69) is 10.9 Å². The normalized spacial score (nSPS) is 18.0. The van der Waals surface area contributed by atoms with Crippen molar-refractivity contribution in [3.8, 4) is 11.5 Å². The van der Waals surface area contributed by atoms with Crippen molar-refractivity contribution >= 4 is 23.4 Å². The van der Waals surface area contributed by atoms with Crippen molar-refractivity contribution in [1.82, 2.24) is 10.9 Å². The Morgan fingerprint density at radius 2 is 2.04 bits per heavy atom. The van der Waals surface area contributed by atoms with Crippen LogP contribution in [0.4, 0.5) is 4.39 Å².